The van der Waals surface area contributed by atoms with E-state index in [2.05, 4.69) is 25.1 Å². The van der Waals surface area contributed by atoms with Gasteiger partial charge in [-0.15, -0.1) is 0 Å². The second-order valence-corrected chi connectivity index (χ2v) is 18.7. The molecular formula is C42H42ClF6N9O3S. The predicted octanol–water partition coefficient (Wildman–Crippen LogP) is 8.62. The summed E-state index contributed by atoms with van der Waals surface area (Å²) in [5, 5.41) is 10.7. The van der Waals surface area contributed by atoms with Gasteiger partial charge in [0, 0.05) is 42.9 Å². The van der Waals surface area contributed by atoms with Crippen molar-refractivity contribution in [3.05, 3.63) is 93.8 Å². The summed E-state index contributed by atoms with van der Waals surface area (Å²) in [5.74, 6) is -2.56. The van der Waals surface area contributed by atoms with E-state index in [0.29, 0.717) is 35.9 Å². The van der Waals surface area contributed by atoms with Gasteiger partial charge in [0.15, 0.2) is 5.82 Å². The van der Waals surface area contributed by atoms with E-state index in [4.69, 9.17) is 16.6 Å². The molecule has 0 unspecified atom stereocenters. The van der Waals surface area contributed by atoms with Gasteiger partial charge in [-0.05, 0) is 98.5 Å². The van der Waals surface area contributed by atoms with E-state index >= 15 is 0 Å². The lowest BCUT2D eigenvalue weighted by atomic mass is 10.00. The van der Waals surface area contributed by atoms with Crippen molar-refractivity contribution in [2.45, 2.75) is 101 Å². The van der Waals surface area contributed by atoms with Crippen molar-refractivity contribution in [2.24, 2.45) is 4.99 Å². The molecule has 1 atom stereocenters. The number of fused-ring (bicyclic) bond motifs is 2. The minimum atomic E-state index is -3.94. The van der Waals surface area contributed by atoms with Crippen LogP contribution in [0.3, 0.4) is 0 Å². The third-order valence-corrected chi connectivity index (χ3v) is 13.7. The van der Waals surface area contributed by atoms with E-state index in [1.54, 1.807) is 11.0 Å². The van der Waals surface area contributed by atoms with Crippen LogP contribution in [0.5, 0.6) is 0 Å². The first kappa shape index (κ1) is 42.0. The molecule has 62 heavy (non-hydrogen) atoms. The van der Waals surface area contributed by atoms with Crippen molar-refractivity contribution in [3.63, 3.8) is 0 Å². The highest BCUT2D eigenvalue weighted by molar-refractivity contribution is 7.93. The van der Waals surface area contributed by atoms with Crippen LogP contribution >= 0.6 is 11.6 Å². The lowest BCUT2D eigenvalue weighted by molar-refractivity contribution is -0.122. The van der Waals surface area contributed by atoms with Gasteiger partial charge in [-0.3, -0.25) is 18.9 Å². The molecule has 2 aromatic heterocycles. The number of carbonyl (C=O) groups is 1. The number of piperidine rings is 1. The molecule has 20 heteroatoms. The number of anilines is 3. The summed E-state index contributed by atoms with van der Waals surface area (Å²) in [5.41, 5.74) is 2.55. The average Bonchev–Trinajstić information content (AvgIpc) is 4.17. The summed E-state index contributed by atoms with van der Waals surface area (Å²) in [6.07, 6.45) is -0.565. The third-order valence-electron chi connectivity index (χ3n) is 11.6. The first-order valence-corrected chi connectivity index (χ1v) is 22.5. The maximum Gasteiger partial charge on any atom is 0.282 e. The first-order chi connectivity index (χ1) is 29.7. The van der Waals surface area contributed by atoms with E-state index in [1.807, 2.05) is 18.2 Å². The molecule has 2 aliphatic carbocycles. The van der Waals surface area contributed by atoms with E-state index < -0.39 is 70.5 Å². The zero-order chi connectivity index (χ0) is 43.4. The van der Waals surface area contributed by atoms with Gasteiger partial charge in [-0.25, -0.2) is 39.8 Å². The molecule has 1 amide bonds. The number of aliphatic imine (C=N–C) groups is 1. The summed E-state index contributed by atoms with van der Waals surface area (Å²) >= 11 is 6.75. The Hall–Kier alpha value is -5.30. The second-order valence-electron chi connectivity index (χ2n) is 16.3. The van der Waals surface area contributed by atoms with Crippen molar-refractivity contribution >= 4 is 67.1 Å². The number of rotatable bonds is 15. The fourth-order valence-corrected chi connectivity index (χ4v) is 9.98. The van der Waals surface area contributed by atoms with E-state index in [0.717, 1.165) is 67.7 Å². The van der Waals surface area contributed by atoms with Crippen LogP contribution in [0, 0.1) is 11.6 Å². The van der Waals surface area contributed by atoms with Crippen molar-refractivity contribution in [1.82, 2.24) is 24.9 Å². The molecule has 2 aliphatic heterocycles. The lowest BCUT2D eigenvalue weighted by Gasteiger charge is -2.36. The van der Waals surface area contributed by atoms with Crippen LogP contribution in [0.1, 0.15) is 79.8 Å². The van der Waals surface area contributed by atoms with E-state index in [-0.39, 0.29) is 57.7 Å². The van der Waals surface area contributed by atoms with Gasteiger partial charge < -0.3 is 15.1 Å². The number of halogens is 7. The SMILES string of the molecule is O=C(Cn1nc(C(F)F)cc1C1CC1)N[C@@H](Cc1cc(F)cc(F)c1)C1=Nc2cc(N3CCCCC3)ccc2CN1c1ccc(Cl)c2c(NS(=O)(=O)C3CC3)nn(CC(F)F)c12. The Morgan fingerprint density at radius 2 is 1.63 bits per heavy atom. The maximum absolute atomic E-state index is 14.8. The molecule has 9 rings (SSSR count). The summed E-state index contributed by atoms with van der Waals surface area (Å²) in [6, 6.07) is 11.9. The van der Waals surface area contributed by atoms with Gasteiger partial charge in [-0.1, -0.05) is 17.7 Å². The highest BCUT2D eigenvalue weighted by Gasteiger charge is 2.38. The molecule has 3 fully saturated rings. The van der Waals surface area contributed by atoms with Crippen LogP contribution < -0.4 is 19.8 Å². The standard InChI is InChI=1S/C42H42ClF6N9O3S/c43-30-10-11-34(39-38(30)41(53-58(39)21-36(46)47)54-62(60,61)29-8-9-29)56-20-25-6-7-28(55-12-2-1-3-13-55)18-31(25)51-42(56)33(16-23-14-26(44)17-27(45)15-23)50-37(59)22-57-35(24-4-5-24)19-32(52-57)40(48)49/h6-7,10-11,14-15,17-19,24,29,33,36,40H,1-5,8-9,12-13,16,20-22H2,(H,50,59)(H,53,54)/t33-/m0/s1. The topological polar surface area (TPSA) is 130 Å². The average molecular weight is 902 g/mol. The zero-order valence-corrected chi connectivity index (χ0v) is 34.8. The van der Waals surface area contributed by atoms with Gasteiger partial charge >= 0.3 is 0 Å². The molecule has 328 valence electrons. The Morgan fingerprint density at radius 1 is 0.887 bits per heavy atom. The largest absolute Gasteiger partial charge is 0.371 e. The minimum absolute atomic E-state index is 0.0220. The smallest absolute Gasteiger partial charge is 0.282 e. The first-order valence-electron chi connectivity index (χ1n) is 20.5. The summed E-state index contributed by atoms with van der Waals surface area (Å²) < 4.78 is 117. The molecule has 0 radical (unpaired) electrons. The van der Waals surface area contributed by atoms with Crippen LogP contribution in [0.25, 0.3) is 10.9 Å². The van der Waals surface area contributed by atoms with E-state index in [9.17, 15) is 39.6 Å². The zero-order valence-electron chi connectivity index (χ0n) is 33.2. The summed E-state index contributed by atoms with van der Waals surface area (Å²) in [6.45, 7) is 0.298. The third kappa shape index (κ3) is 8.82. The number of sulfonamides is 1. The predicted molar refractivity (Wildman–Crippen MR) is 223 cm³/mol. The van der Waals surface area contributed by atoms with Crippen molar-refractivity contribution in [1.29, 1.82) is 0 Å². The number of amides is 1. The molecular weight excluding hydrogens is 860 g/mol. The number of alkyl halides is 4. The fourth-order valence-electron chi connectivity index (χ4n) is 8.40. The molecule has 0 spiro atoms. The number of benzene rings is 3. The van der Waals surface area contributed by atoms with Crippen LogP contribution in [0.2, 0.25) is 5.02 Å². The fraction of sp³-hybridized carbons (Fsp3) is 0.429. The van der Waals surface area contributed by atoms with Gasteiger partial charge in [-0.2, -0.15) is 10.2 Å². The highest BCUT2D eigenvalue weighted by atomic mass is 35.5. The van der Waals surface area contributed by atoms with E-state index in [1.165, 1.54) is 16.8 Å². The highest BCUT2D eigenvalue weighted by Crippen LogP contribution is 2.43. The Bertz CT molecular complexity index is 2660. The van der Waals surface area contributed by atoms with Crippen LogP contribution in [0.4, 0.5) is 49.2 Å². The Morgan fingerprint density at radius 3 is 2.31 bits per heavy atom. The summed E-state index contributed by atoms with van der Waals surface area (Å²) in [7, 11) is -3.94. The van der Waals surface area contributed by atoms with Gasteiger partial charge in [0.1, 0.15) is 36.3 Å². The molecule has 4 heterocycles. The number of aromatic nitrogens is 4. The van der Waals surface area contributed by atoms with Crippen molar-refractivity contribution in [3.8, 4) is 0 Å². The molecule has 1 saturated heterocycles. The molecule has 3 aromatic carbocycles. The lowest BCUT2D eigenvalue weighted by Crippen LogP contribution is -2.51. The van der Waals surface area contributed by atoms with Crippen molar-refractivity contribution < 1.29 is 39.6 Å². The molecule has 12 nitrogen and oxygen atoms in total. The van der Waals surface area contributed by atoms with Gasteiger partial charge in [0.05, 0.1) is 45.1 Å². The molecule has 5 aromatic rings. The number of hydrogen-bond donors (Lipinski definition) is 2. The molecule has 2 N–H and O–H groups in total. The Labute approximate surface area is 358 Å². The summed E-state index contributed by atoms with van der Waals surface area (Å²) in [4.78, 5) is 23.2. The second kappa shape index (κ2) is 16.8. The number of nitrogens with zero attached hydrogens (tertiary/aromatic N) is 7. The molecule has 2 saturated carbocycles. The normalized spacial score (nSPS) is 17.5. The quantitative estimate of drug-likeness (QED) is 0.101. The Kier molecular flexibility index (Phi) is 11.4. The van der Waals surface area contributed by atoms with Crippen LogP contribution in [-0.4, -0.2) is 70.5 Å². The minimum Gasteiger partial charge on any atom is -0.371 e. The monoisotopic (exact) mass is 901 g/mol. The van der Waals surface area contributed by atoms with Crippen LogP contribution in [0.15, 0.2) is 59.6 Å². The number of carbonyl (C=O) groups excluding carboxylic acids is 1. The number of hydrogen-bond acceptors (Lipinski definition) is 8. The van der Waals surface area contributed by atoms with Crippen LogP contribution in [-0.2, 0) is 40.9 Å². The van der Waals surface area contributed by atoms with Crippen molar-refractivity contribution in [2.75, 3.05) is 27.6 Å². The van der Waals surface area contributed by atoms with Gasteiger partial charge in [0.25, 0.3) is 12.9 Å². The number of nitrogens with one attached hydrogen (secondary N) is 2. The molecule has 0 bridgehead atoms. The molecule has 4 aliphatic rings. The van der Waals surface area contributed by atoms with Gasteiger partial charge in [0.2, 0.25) is 15.9 Å². The Balaban J connectivity index is 1.19. The number of amidine groups is 1. The maximum atomic E-state index is 14.8.